The molecule has 0 saturated carbocycles. The number of amides is 2. The van der Waals surface area contributed by atoms with Crippen molar-refractivity contribution in [2.45, 2.75) is 51.3 Å². The number of urea groups is 1. The van der Waals surface area contributed by atoms with Crippen molar-refractivity contribution in [2.24, 2.45) is 0 Å². The third kappa shape index (κ3) is 5.26. The normalized spacial score (nSPS) is 19.0. The Kier molecular flexibility index (Phi) is 6.12. The summed E-state index contributed by atoms with van der Waals surface area (Å²) in [5.41, 5.74) is 0.127. The topological polar surface area (TPSA) is 50.4 Å². The Bertz CT molecular complexity index is 505. The quantitative estimate of drug-likeness (QED) is 0.848. The summed E-state index contributed by atoms with van der Waals surface area (Å²) in [5.74, 6) is -1.06. The van der Waals surface area contributed by atoms with E-state index >= 15 is 0 Å². The van der Waals surface area contributed by atoms with Gasteiger partial charge in [-0.1, -0.05) is 0 Å². The molecule has 4 nitrogen and oxygen atoms in total. The van der Waals surface area contributed by atoms with Gasteiger partial charge in [-0.25, -0.2) is 13.6 Å². The van der Waals surface area contributed by atoms with Gasteiger partial charge in [0, 0.05) is 24.8 Å². The average molecular weight is 312 g/mol. The summed E-state index contributed by atoms with van der Waals surface area (Å²) in [7, 11) is 0. The minimum Gasteiger partial charge on any atom is -0.378 e. The number of hydrogen-bond donors (Lipinski definition) is 2. The molecule has 0 aliphatic carbocycles. The molecule has 122 valence electrons. The van der Waals surface area contributed by atoms with Gasteiger partial charge in [0.15, 0.2) is 0 Å². The molecule has 1 heterocycles. The van der Waals surface area contributed by atoms with Crippen LogP contribution in [0.15, 0.2) is 18.2 Å². The Morgan fingerprint density at radius 2 is 2.27 bits per heavy atom. The van der Waals surface area contributed by atoms with E-state index in [2.05, 4.69) is 10.6 Å². The fourth-order valence-corrected chi connectivity index (χ4v) is 2.51. The van der Waals surface area contributed by atoms with Gasteiger partial charge in [0.05, 0.1) is 6.10 Å². The Hall–Kier alpha value is -1.69. The van der Waals surface area contributed by atoms with Crippen molar-refractivity contribution in [2.75, 3.05) is 6.61 Å². The van der Waals surface area contributed by atoms with Gasteiger partial charge in [-0.2, -0.15) is 0 Å². The molecule has 0 unspecified atom stereocenters. The van der Waals surface area contributed by atoms with Crippen LogP contribution < -0.4 is 10.6 Å². The molecule has 1 aromatic rings. The zero-order valence-corrected chi connectivity index (χ0v) is 12.7. The molecule has 2 rings (SSSR count). The third-order valence-electron chi connectivity index (χ3n) is 3.77. The van der Waals surface area contributed by atoms with Crippen molar-refractivity contribution < 1.29 is 18.3 Å². The minimum absolute atomic E-state index is 0.00144. The maximum absolute atomic E-state index is 13.4. The molecule has 0 radical (unpaired) electrons. The largest absolute Gasteiger partial charge is 0.378 e. The van der Waals surface area contributed by atoms with E-state index in [1.54, 1.807) is 0 Å². The van der Waals surface area contributed by atoms with Crippen molar-refractivity contribution in [1.29, 1.82) is 0 Å². The van der Waals surface area contributed by atoms with Gasteiger partial charge in [0.25, 0.3) is 0 Å². The second-order valence-electron chi connectivity index (χ2n) is 5.68. The predicted octanol–water partition coefficient (Wildman–Crippen LogP) is 3.11. The fraction of sp³-hybridized carbons (Fsp3) is 0.562. The highest BCUT2D eigenvalue weighted by Crippen LogP contribution is 2.17. The summed E-state index contributed by atoms with van der Waals surface area (Å²) in [6.45, 7) is 2.69. The molecule has 6 heteroatoms. The van der Waals surface area contributed by atoms with Crippen LogP contribution in [0, 0.1) is 11.6 Å². The van der Waals surface area contributed by atoms with Gasteiger partial charge in [0.1, 0.15) is 11.6 Å². The van der Waals surface area contributed by atoms with Gasteiger partial charge in [-0.15, -0.1) is 0 Å². The van der Waals surface area contributed by atoms with Gasteiger partial charge in [-0.05, 0) is 50.8 Å². The summed E-state index contributed by atoms with van der Waals surface area (Å²) in [4.78, 5) is 11.7. The van der Waals surface area contributed by atoms with E-state index in [1.807, 2.05) is 6.92 Å². The molecule has 2 amide bonds. The number of hydrogen-bond acceptors (Lipinski definition) is 2. The molecule has 0 bridgehead atoms. The van der Waals surface area contributed by atoms with E-state index in [1.165, 1.54) is 0 Å². The van der Waals surface area contributed by atoms with Crippen LogP contribution in [0.1, 0.15) is 38.2 Å². The summed E-state index contributed by atoms with van der Waals surface area (Å²) in [6.07, 6.45) is 4.23. The van der Waals surface area contributed by atoms with Crippen LogP contribution in [0.4, 0.5) is 13.6 Å². The zero-order valence-electron chi connectivity index (χ0n) is 12.7. The first kappa shape index (κ1) is 16.7. The number of carbonyl (C=O) groups is 1. The Morgan fingerprint density at radius 1 is 1.45 bits per heavy atom. The van der Waals surface area contributed by atoms with E-state index in [9.17, 15) is 13.6 Å². The maximum Gasteiger partial charge on any atom is 0.315 e. The Labute approximate surface area is 129 Å². The van der Waals surface area contributed by atoms with Crippen molar-refractivity contribution >= 4 is 6.03 Å². The van der Waals surface area contributed by atoms with E-state index in [4.69, 9.17) is 4.74 Å². The van der Waals surface area contributed by atoms with E-state index in [-0.39, 0.29) is 24.2 Å². The smallest absolute Gasteiger partial charge is 0.315 e. The first-order valence-electron chi connectivity index (χ1n) is 7.64. The lowest BCUT2D eigenvalue weighted by molar-refractivity contribution is 0.100. The molecular weight excluding hydrogens is 290 g/mol. The van der Waals surface area contributed by atoms with Crippen molar-refractivity contribution in [3.05, 3.63) is 35.4 Å². The highest BCUT2D eigenvalue weighted by atomic mass is 19.1. The third-order valence-corrected chi connectivity index (χ3v) is 3.77. The predicted molar refractivity (Wildman–Crippen MR) is 79.4 cm³/mol. The SMILES string of the molecule is C[C@@H](CC[C@@H]1CCCO1)NC(=O)NCc1cc(F)ccc1F. The second kappa shape index (κ2) is 8.08. The molecule has 1 saturated heterocycles. The number of ether oxygens (including phenoxy) is 1. The molecule has 22 heavy (non-hydrogen) atoms. The number of carbonyl (C=O) groups excluding carboxylic acids is 1. The number of rotatable bonds is 6. The standard InChI is InChI=1S/C16H22F2N2O2/c1-11(4-6-14-3-2-8-22-14)20-16(21)19-10-12-9-13(17)5-7-15(12)18/h5,7,9,11,14H,2-4,6,8,10H2,1H3,(H2,19,20,21)/t11-,14-/m0/s1. The molecule has 2 atom stereocenters. The van der Waals surface area contributed by atoms with Crippen LogP contribution in [-0.4, -0.2) is 24.8 Å². The first-order chi connectivity index (χ1) is 10.5. The average Bonchev–Trinajstić information content (AvgIpc) is 2.99. The molecule has 2 N–H and O–H groups in total. The summed E-state index contributed by atoms with van der Waals surface area (Å²) >= 11 is 0. The monoisotopic (exact) mass is 312 g/mol. The van der Waals surface area contributed by atoms with Crippen molar-refractivity contribution in [3.63, 3.8) is 0 Å². The molecule has 1 aromatic carbocycles. The number of halogens is 2. The van der Waals surface area contributed by atoms with Crippen LogP contribution in [-0.2, 0) is 11.3 Å². The van der Waals surface area contributed by atoms with Crippen molar-refractivity contribution in [1.82, 2.24) is 10.6 Å². The van der Waals surface area contributed by atoms with E-state index in [0.717, 1.165) is 50.5 Å². The molecule has 0 spiro atoms. The summed E-state index contributed by atoms with van der Waals surface area (Å²) in [5, 5.41) is 5.32. The van der Waals surface area contributed by atoms with E-state index < -0.39 is 11.6 Å². The lowest BCUT2D eigenvalue weighted by Gasteiger charge is -2.17. The minimum atomic E-state index is -0.534. The lowest BCUT2D eigenvalue weighted by atomic mass is 10.1. The van der Waals surface area contributed by atoms with Crippen LogP contribution in [0.3, 0.4) is 0 Å². The first-order valence-corrected chi connectivity index (χ1v) is 7.64. The summed E-state index contributed by atoms with van der Waals surface area (Å²) < 4.78 is 32.0. The molecule has 1 fully saturated rings. The Balaban J connectivity index is 1.69. The molecule has 1 aliphatic heterocycles. The van der Waals surface area contributed by atoms with Crippen LogP contribution in [0.25, 0.3) is 0 Å². The van der Waals surface area contributed by atoms with Gasteiger partial charge < -0.3 is 15.4 Å². The van der Waals surface area contributed by atoms with Gasteiger partial charge in [-0.3, -0.25) is 0 Å². The second-order valence-corrected chi connectivity index (χ2v) is 5.68. The fourth-order valence-electron chi connectivity index (χ4n) is 2.51. The van der Waals surface area contributed by atoms with Crippen molar-refractivity contribution in [3.8, 4) is 0 Å². The summed E-state index contributed by atoms with van der Waals surface area (Å²) in [6, 6.07) is 2.79. The molecule has 1 aliphatic rings. The highest BCUT2D eigenvalue weighted by Gasteiger charge is 2.17. The van der Waals surface area contributed by atoms with Crippen LogP contribution in [0.2, 0.25) is 0 Å². The van der Waals surface area contributed by atoms with Crippen LogP contribution >= 0.6 is 0 Å². The molecule has 0 aromatic heterocycles. The number of benzene rings is 1. The highest BCUT2D eigenvalue weighted by molar-refractivity contribution is 5.74. The van der Waals surface area contributed by atoms with E-state index in [0.29, 0.717) is 6.10 Å². The van der Waals surface area contributed by atoms with Gasteiger partial charge >= 0.3 is 6.03 Å². The lowest BCUT2D eigenvalue weighted by Crippen LogP contribution is -2.40. The van der Waals surface area contributed by atoms with Gasteiger partial charge in [0.2, 0.25) is 0 Å². The zero-order chi connectivity index (χ0) is 15.9. The maximum atomic E-state index is 13.4. The van der Waals surface area contributed by atoms with Crippen LogP contribution in [0.5, 0.6) is 0 Å². The molecular formula is C16H22F2N2O2. The Morgan fingerprint density at radius 3 is 3.00 bits per heavy atom. The number of nitrogens with one attached hydrogen (secondary N) is 2.